The summed E-state index contributed by atoms with van der Waals surface area (Å²) < 4.78 is 5.44. The molecule has 1 aromatic carbocycles. The summed E-state index contributed by atoms with van der Waals surface area (Å²) >= 11 is 6.31. The second-order valence-corrected chi connectivity index (χ2v) is 8.11. The molecule has 1 saturated heterocycles. The summed E-state index contributed by atoms with van der Waals surface area (Å²) in [4.78, 5) is 26.3. The number of likely N-dealkylation sites (tertiary alicyclic amines) is 1. The predicted molar refractivity (Wildman–Crippen MR) is 101 cm³/mol. The zero-order valence-electron chi connectivity index (χ0n) is 15.8. The van der Waals surface area contributed by atoms with Gasteiger partial charge in [-0.1, -0.05) is 18.5 Å². The average molecular weight is 366 g/mol. The second-order valence-electron chi connectivity index (χ2n) is 7.71. The molecular weight excluding hydrogens is 338 g/mol. The van der Waals surface area contributed by atoms with Crippen LogP contribution in [0.25, 0.3) is 0 Å². The van der Waals surface area contributed by atoms with Crippen LogP contribution in [0.4, 0.5) is 4.79 Å². The van der Waals surface area contributed by atoms with Crippen LogP contribution in [-0.2, 0) is 4.74 Å². The van der Waals surface area contributed by atoms with Gasteiger partial charge >= 0.3 is 6.09 Å². The van der Waals surface area contributed by atoms with Gasteiger partial charge in [0.05, 0.1) is 0 Å². The van der Waals surface area contributed by atoms with Gasteiger partial charge in [0.25, 0.3) is 0 Å². The van der Waals surface area contributed by atoms with E-state index >= 15 is 0 Å². The number of amides is 1. The molecule has 5 heteroatoms. The van der Waals surface area contributed by atoms with E-state index in [1.54, 1.807) is 4.90 Å². The van der Waals surface area contributed by atoms with Crippen molar-refractivity contribution in [3.05, 3.63) is 33.8 Å². The maximum atomic E-state index is 12.3. The van der Waals surface area contributed by atoms with E-state index in [9.17, 15) is 9.59 Å². The average Bonchev–Trinajstić information content (AvgIpc) is 2.54. The van der Waals surface area contributed by atoms with Crippen molar-refractivity contribution in [2.75, 3.05) is 13.1 Å². The molecule has 1 aromatic rings. The summed E-state index contributed by atoms with van der Waals surface area (Å²) in [5.41, 5.74) is 2.24. The maximum Gasteiger partial charge on any atom is 0.410 e. The molecule has 0 radical (unpaired) electrons. The first-order valence-corrected chi connectivity index (χ1v) is 9.31. The van der Waals surface area contributed by atoms with Crippen LogP contribution < -0.4 is 0 Å². The van der Waals surface area contributed by atoms with Crippen molar-refractivity contribution in [3.63, 3.8) is 0 Å². The molecule has 0 unspecified atom stereocenters. The Kier molecular flexibility index (Phi) is 6.15. The third-order valence-electron chi connectivity index (χ3n) is 4.54. The van der Waals surface area contributed by atoms with Gasteiger partial charge in [0.15, 0.2) is 5.78 Å². The number of benzene rings is 1. The van der Waals surface area contributed by atoms with Crippen molar-refractivity contribution in [2.24, 2.45) is 0 Å². The molecule has 1 fully saturated rings. The highest BCUT2D eigenvalue weighted by molar-refractivity contribution is 6.31. The maximum absolute atomic E-state index is 12.3. The first-order valence-electron chi connectivity index (χ1n) is 8.93. The Hall–Kier alpha value is -1.55. The number of aryl methyl sites for hydroxylation is 1. The number of hydrogen-bond donors (Lipinski definition) is 0. The van der Waals surface area contributed by atoms with Crippen molar-refractivity contribution in [1.29, 1.82) is 0 Å². The fourth-order valence-corrected chi connectivity index (χ4v) is 3.34. The molecule has 138 valence electrons. The van der Waals surface area contributed by atoms with Crippen molar-refractivity contribution in [2.45, 2.75) is 65.4 Å². The molecule has 0 spiro atoms. The van der Waals surface area contributed by atoms with Crippen molar-refractivity contribution in [1.82, 2.24) is 4.90 Å². The van der Waals surface area contributed by atoms with Gasteiger partial charge in [0.2, 0.25) is 0 Å². The number of carbonyl (C=O) groups is 2. The lowest BCUT2D eigenvalue weighted by atomic mass is 9.84. The highest BCUT2D eigenvalue weighted by Gasteiger charge is 2.29. The zero-order chi connectivity index (χ0) is 18.8. The van der Waals surface area contributed by atoms with Gasteiger partial charge in [-0.15, -0.1) is 0 Å². The highest BCUT2D eigenvalue weighted by atomic mass is 35.5. The topological polar surface area (TPSA) is 46.6 Å². The van der Waals surface area contributed by atoms with E-state index < -0.39 is 5.60 Å². The van der Waals surface area contributed by atoms with Gasteiger partial charge in [-0.05, 0) is 69.7 Å². The SMILES string of the molecule is CCC(=O)c1cc(C)c(Cl)cc1C1CCN(C(=O)OC(C)(C)C)CC1. The van der Waals surface area contributed by atoms with Gasteiger partial charge < -0.3 is 9.64 Å². The number of ether oxygens (including phenoxy) is 1. The molecule has 1 aliphatic heterocycles. The van der Waals surface area contributed by atoms with Crippen molar-refractivity contribution in [3.8, 4) is 0 Å². The van der Waals surface area contributed by atoms with Crippen molar-refractivity contribution < 1.29 is 14.3 Å². The molecule has 1 heterocycles. The van der Waals surface area contributed by atoms with Gasteiger partial charge in [-0.2, -0.15) is 0 Å². The van der Waals surface area contributed by atoms with Crippen LogP contribution >= 0.6 is 11.6 Å². The van der Waals surface area contributed by atoms with Crippen LogP contribution in [0.15, 0.2) is 12.1 Å². The Morgan fingerprint density at radius 1 is 1.24 bits per heavy atom. The minimum absolute atomic E-state index is 0.143. The van der Waals surface area contributed by atoms with Crippen LogP contribution in [0.1, 0.15) is 74.4 Å². The van der Waals surface area contributed by atoms with E-state index in [1.165, 1.54) is 0 Å². The summed E-state index contributed by atoms with van der Waals surface area (Å²) in [6.45, 7) is 10.7. The minimum atomic E-state index is -0.487. The fraction of sp³-hybridized carbons (Fsp3) is 0.600. The Morgan fingerprint density at radius 2 is 1.84 bits per heavy atom. The van der Waals surface area contributed by atoms with E-state index in [1.807, 2.05) is 46.8 Å². The Bertz CT molecular complexity index is 656. The van der Waals surface area contributed by atoms with E-state index in [0.717, 1.165) is 29.5 Å². The summed E-state index contributed by atoms with van der Waals surface area (Å²) in [6.07, 6.45) is 1.83. The van der Waals surface area contributed by atoms with Gasteiger partial charge in [-0.25, -0.2) is 4.79 Å². The van der Waals surface area contributed by atoms with Crippen LogP contribution in [0.5, 0.6) is 0 Å². The van der Waals surface area contributed by atoms with Crippen molar-refractivity contribution >= 4 is 23.5 Å². The first-order chi connectivity index (χ1) is 11.6. The van der Waals surface area contributed by atoms with Crippen LogP contribution in [0.3, 0.4) is 0 Å². The van der Waals surface area contributed by atoms with E-state index in [4.69, 9.17) is 16.3 Å². The van der Waals surface area contributed by atoms with Gasteiger partial charge in [-0.3, -0.25) is 4.79 Å². The monoisotopic (exact) mass is 365 g/mol. The van der Waals surface area contributed by atoms with Gasteiger partial charge in [0.1, 0.15) is 5.60 Å². The highest BCUT2D eigenvalue weighted by Crippen LogP contribution is 2.34. The molecule has 0 bridgehead atoms. The van der Waals surface area contributed by atoms with E-state index in [2.05, 4.69) is 0 Å². The molecule has 0 atom stereocenters. The molecule has 0 aromatic heterocycles. The largest absolute Gasteiger partial charge is 0.444 e. The molecule has 0 saturated carbocycles. The Labute approximate surface area is 155 Å². The van der Waals surface area contributed by atoms with Crippen LogP contribution in [0.2, 0.25) is 5.02 Å². The first kappa shape index (κ1) is 19.8. The number of halogens is 1. The minimum Gasteiger partial charge on any atom is -0.444 e. The molecule has 0 aliphatic carbocycles. The van der Waals surface area contributed by atoms with Crippen LogP contribution in [-0.4, -0.2) is 35.5 Å². The normalized spacial score (nSPS) is 16.0. The molecular formula is C20H28ClNO3. The fourth-order valence-electron chi connectivity index (χ4n) is 3.17. The number of piperidine rings is 1. The summed E-state index contributed by atoms with van der Waals surface area (Å²) in [6, 6.07) is 3.84. The third-order valence-corrected chi connectivity index (χ3v) is 4.95. The number of hydrogen-bond acceptors (Lipinski definition) is 3. The molecule has 4 nitrogen and oxygen atoms in total. The van der Waals surface area contributed by atoms with Gasteiger partial charge in [0, 0.05) is 30.1 Å². The molecule has 1 amide bonds. The Balaban J connectivity index is 2.14. The standard InChI is InChI=1S/C20H28ClNO3/c1-6-18(23)16-11-13(2)17(21)12-15(16)14-7-9-22(10-8-14)19(24)25-20(3,4)5/h11-12,14H,6-10H2,1-5H3. The Morgan fingerprint density at radius 3 is 2.36 bits per heavy atom. The van der Waals surface area contributed by atoms with Crippen LogP contribution in [0, 0.1) is 6.92 Å². The second kappa shape index (κ2) is 7.77. The lowest BCUT2D eigenvalue weighted by Gasteiger charge is -2.34. The number of nitrogens with zero attached hydrogens (tertiary/aromatic N) is 1. The van der Waals surface area contributed by atoms with E-state index in [0.29, 0.717) is 24.5 Å². The molecule has 25 heavy (non-hydrogen) atoms. The van der Waals surface area contributed by atoms with E-state index in [-0.39, 0.29) is 17.8 Å². The predicted octanol–water partition coefficient (Wildman–Crippen LogP) is 5.36. The number of ketones is 1. The zero-order valence-corrected chi connectivity index (χ0v) is 16.6. The molecule has 1 aliphatic rings. The quantitative estimate of drug-likeness (QED) is 0.678. The summed E-state index contributed by atoms with van der Waals surface area (Å²) in [7, 11) is 0. The third kappa shape index (κ3) is 4.97. The number of carbonyl (C=O) groups excluding carboxylic acids is 2. The smallest absolute Gasteiger partial charge is 0.410 e. The number of Topliss-reactive ketones (excluding diaryl/α,β-unsaturated/α-hetero) is 1. The molecule has 2 rings (SSSR count). The molecule has 0 N–H and O–H groups in total. The summed E-state index contributed by atoms with van der Waals surface area (Å²) in [5.74, 6) is 0.381. The lowest BCUT2D eigenvalue weighted by molar-refractivity contribution is 0.0204. The number of rotatable bonds is 3. The lowest BCUT2D eigenvalue weighted by Crippen LogP contribution is -2.41. The summed E-state index contributed by atoms with van der Waals surface area (Å²) in [5, 5.41) is 0.692.